The Morgan fingerprint density at radius 2 is 2.07 bits per heavy atom. The third kappa shape index (κ3) is 3.32. The molecule has 1 unspecified atom stereocenters. The molecule has 0 radical (unpaired) electrons. The molecule has 15 heavy (non-hydrogen) atoms. The van der Waals surface area contributed by atoms with Crippen LogP contribution >= 0.6 is 0 Å². The number of hydrogen-bond acceptors (Lipinski definition) is 2. The van der Waals surface area contributed by atoms with Gasteiger partial charge >= 0.3 is 0 Å². The zero-order chi connectivity index (χ0) is 10.6. The lowest BCUT2D eigenvalue weighted by atomic mass is 9.94. The molecule has 1 atom stereocenters. The highest BCUT2D eigenvalue weighted by Crippen LogP contribution is 2.28. The molecule has 0 aromatic carbocycles. The van der Waals surface area contributed by atoms with Crippen LogP contribution in [0, 0.1) is 5.92 Å². The normalized spacial score (nSPS) is 29.5. The molecule has 0 saturated heterocycles. The first-order chi connectivity index (χ1) is 7.29. The van der Waals surface area contributed by atoms with E-state index < -0.39 is 0 Å². The zero-order valence-electron chi connectivity index (χ0n) is 9.54. The van der Waals surface area contributed by atoms with Crippen molar-refractivity contribution < 1.29 is 5.11 Å². The second kappa shape index (κ2) is 5.13. The van der Waals surface area contributed by atoms with E-state index in [1.807, 2.05) is 0 Å². The van der Waals surface area contributed by atoms with Gasteiger partial charge in [-0.15, -0.1) is 0 Å². The fourth-order valence-electron chi connectivity index (χ4n) is 2.76. The number of nitrogens with one attached hydrogen (secondary N) is 1. The van der Waals surface area contributed by atoms with Crippen molar-refractivity contribution in [3.05, 3.63) is 12.2 Å². The molecule has 2 nitrogen and oxygen atoms in total. The summed E-state index contributed by atoms with van der Waals surface area (Å²) in [5, 5.41) is 13.6. The van der Waals surface area contributed by atoms with E-state index in [-0.39, 0.29) is 5.60 Å². The maximum atomic E-state index is 10.1. The van der Waals surface area contributed by atoms with Crippen molar-refractivity contribution in [2.24, 2.45) is 5.92 Å². The van der Waals surface area contributed by atoms with Crippen LogP contribution < -0.4 is 5.32 Å². The Balaban J connectivity index is 1.63. The quantitative estimate of drug-likeness (QED) is 0.696. The standard InChI is InChI=1S/C13H23NO/c15-13(8-4-5-9-13)11-14-10-12-6-2-1-3-7-12/h1-2,12,14-15H,3-11H2. The van der Waals surface area contributed by atoms with E-state index in [1.54, 1.807) is 0 Å². The summed E-state index contributed by atoms with van der Waals surface area (Å²) in [7, 11) is 0. The van der Waals surface area contributed by atoms with E-state index in [4.69, 9.17) is 0 Å². The molecular weight excluding hydrogens is 186 g/mol. The molecule has 2 aliphatic carbocycles. The fraction of sp³-hybridized carbons (Fsp3) is 0.846. The number of hydrogen-bond donors (Lipinski definition) is 2. The summed E-state index contributed by atoms with van der Waals surface area (Å²) in [5.74, 6) is 0.792. The molecule has 0 aliphatic heterocycles. The van der Waals surface area contributed by atoms with Gasteiger partial charge in [0.2, 0.25) is 0 Å². The third-order valence-electron chi connectivity index (χ3n) is 3.80. The van der Waals surface area contributed by atoms with Gasteiger partial charge in [-0.3, -0.25) is 0 Å². The fourth-order valence-corrected chi connectivity index (χ4v) is 2.76. The summed E-state index contributed by atoms with van der Waals surface area (Å²) in [6.07, 6.45) is 12.7. The van der Waals surface area contributed by atoms with Crippen molar-refractivity contribution in [2.45, 2.75) is 50.5 Å². The van der Waals surface area contributed by atoms with Crippen LogP contribution in [-0.2, 0) is 0 Å². The van der Waals surface area contributed by atoms with E-state index >= 15 is 0 Å². The highest BCUT2D eigenvalue weighted by atomic mass is 16.3. The SMILES string of the molecule is OC1(CNCC2CC=CCC2)CCCC1. The number of allylic oxidation sites excluding steroid dienone is 2. The number of aliphatic hydroxyl groups is 1. The average molecular weight is 209 g/mol. The van der Waals surface area contributed by atoms with Crippen LogP contribution in [0.2, 0.25) is 0 Å². The second-order valence-corrected chi connectivity index (χ2v) is 5.21. The van der Waals surface area contributed by atoms with Crippen LogP contribution in [0.4, 0.5) is 0 Å². The summed E-state index contributed by atoms with van der Waals surface area (Å²) in [4.78, 5) is 0. The predicted octanol–water partition coefficient (Wildman–Crippen LogP) is 2.24. The Morgan fingerprint density at radius 1 is 1.27 bits per heavy atom. The van der Waals surface area contributed by atoms with Gasteiger partial charge in [0.15, 0.2) is 0 Å². The summed E-state index contributed by atoms with van der Waals surface area (Å²) in [6, 6.07) is 0. The van der Waals surface area contributed by atoms with Crippen LogP contribution in [0.25, 0.3) is 0 Å². The first-order valence-electron chi connectivity index (χ1n) is 6.37. The molecule has 0 amide bonds. The minimum absolute atomic E-state index is 0.384. The van der Waals surface area contributed by atoms with E-state index in [0.717, 1.165) is 31.8 Å². The van der Waals surface area contributed by atoms with Crippen LogP contribution in [-0.4, -0.2) is 23.8 Å². The molecule has 2 rings (SSSR count). The van der Waals surface area contributed by atoms with E-state index in [1.165, 1.54) is 32.1 Å². The van der Waals surface area contributed by atoms with Gasteiger partial charge in [0, 0.05) is 6.54 Å². The van der Waals surface area contributed by atoms with Crippen LogP contribution in [0.15, 0.2) is 12.2 Å². The molecule has 1 fully saturated rings. The average Bonchev–Trinajstić information content (AvgIpc) is 2.67. The Labute approximate surface area is 92.8 Å². The van der Waals surface area contributed by atoms with Crippen molar-refractivity contribution in [1.82, 2.24) is 5.32 Å². The van der Waals surface area contributed by atoms with Crippen molar-refractivity contribution in [3.8, 4) is 0 Å². The van der Waals surface area contributed by atoms with Crippen molar-refractivity contribution in [2.75, 3.05) is 13.1 Å². The molecule has 0 bridgehead atoms. The maximum absolute atomic E-state index is 10.1. The molecule has 0 aromatic rings. The van der Waals surface area contributed by atoms with E-state index in [9.17, 15) is 5.11 Å². The van der Waals surface area contributed by atoms with Gasteiger partial charge in [-0.25, -0.2) is 0 Å². The largest absolute Gasteiger partial charge is 0.389 e. The van der Waals surface area contributed by atoms with Crippen LogP contribution in [0.3, 0.4) is 0 Å². The Bertz CT molecular complexity index is 219. The minimum Gasteiger partial charge on any atom is -0.389 e. The van der Waals surface area contributed by atoms with Crippen LogP contribution in [0.5, 0.6) is 0 Å². The summed E-state index contributed by atoms with van der Waals surface area (Å²) in [5.41, 5.74) is -0.384. The lowest BCUT2D eigenvalue weighted by Gasteiger charge is -2.25. The molecule has 2 aliphatic rings. The highest BCUT2D eigenvalue weighted by Gasteiger charge is 2.30. The zero-order valence-corrected chi connectivity index (χ0v) is 9.54. The summed E-state index contributed by atoms with van der Waals surface area (Å²) < 4.78 is 0. The predicted molar refractivity (Wildman–Crippen MR) is 62.8 cm³/mol. The second-order valence-electron chi connectivity index (χ2n) is 5.21. The lowest BCUT2D eigenvalue weighted by Crippen LogP contribution is -2.39. The van der Waals surface area contributed by atoms with E-state index in [2.05, 4.69) is 17.5 Å². The van der Waals surface area contributed by atoms with E-state index in [0.29, 0.717) is 0 Å². The van der Waals surface area contributed by atoms with Gasteiger partial charge in [0.25, 0.3) is 0 Å². The molecule has 2 heteroatoms. The highest BCUT2D eigenvalue weighted by molar-refractivity contribution is 4.91. The van der Waals surface area contributed by atoms with Gasteiger partial charge < -0.3 is 10.4 Å². The van der Waals surface area contributed by atoms with Crippen LogP contribution in [0.1, 0.15) is 44.9 Å². The van der Waals surface area contributed by atoms with Gasteiger partial charge in [-0.2, -0.15) is 0 Å². The lowest BCUT2D eigenvalue weighted by molar-refractivity contribution is 0.0468. The smallest absolute Gasteiger partial charge is 0.0771 e. The first-order valence-corrected chi connectivity index (χ1v) is 6.37. The van der Waals surface area contributed by atoms with Crippen molar-refractivity contribution in [1.29, 1.82) is 0 Å². The van der Waals surface area contributed by atoms with Gasteiger partial charge in [0.05, 0.1) is 5.60 Å². The molecule has 0 heterocycles. The molecule has 0 aromatic heterocycles. The van der Waals surface area contributed by atoms with Crippen molar-refractivity contribution >= 4 is 0 Å². The Hall–Kier alpha value is -0.340. The monoisotopic (exact) mass is 209 g/mol. The molecular formula is C13H23NO. The Morgan fingerprint density at radius 3 is 2.73 bits per heavy atom. The van der Waals surface area contributed by atoms with Crippen molar-refractivity contribution in [3.63, 3.8) is 0 Å². The molecule has 86 valence electrons. The van der Waals surface area contributed by atoms with Gasteiger partial charge in [-0.05, 0) is 44.6 Å². The maximum Gasteiger partial charge on any atom is 0.0771 e. The molecule has 2 N–H and O–H groups in total. The summed E-state index contributed by atoms with van der Waals surface area (Å²) >= 11 is 0. The first kappa shape index (κ1) is 11.2. The van der Waals surface area contributed by atoms with Gasteiger partial charge in [-0.1, -0.05) is 25.0 Å². The Kier molecular flexibility index (Phi) is 3.81. The molecule has 1 saturated carbocycles. The third-order valence-corrected chi connectivity index (χ3v) is 3.80. The number of rotatable bonds is 4. The minimum atomic E-state index is -0.384. The topological polar surface area (TPSA) is 32.3 Å². The molecule has 0 spiro atoms. The van der Waals surface area contributed by atoms with Gasteiger partial charge in [0.1, 0.15) is 0 Å². The summed E-state index contributed by atoms with van der Waals surface area (Å²) in [6.45, 7) is 1.87.